The molecule has 0 aromatic carbocycles. The molecule has 0 bridgehead atoms. The summed E-state index contributed by atoms with van der Waals surface area (Å²) in [7, 11) is 0. The van der Waals surface area contributed by atoms with E-state index in [2.05, 4.69) is 6.92 Å². The summed E-state index contributed by atoms with van der Waals surface area (Å²) in [6.07, 6.45) is 15.3. The summed E-state index contributed by atoms with van der Waals surface area (Å²) >= 11 is 0. The molecule has 0 saturated carbocycles. The highest BCUT2D eigenvalue weighted by Gasteiger charge is 2.51. The first-order valence-corrected chi connectivity index (χ1v) is 11.2. The lowest BCUT2D eigenvalue weighted by Gasteiger charge is -2.35. The Kier molecular flexibility index (Phi) is 11.5. The molecule has 5 nitrogen and oxygen atoms in total. The minimum atomic E-state index is -0.716. The van der Waals surface area contributed by atoms with E-state index < -0.39 is 17.2 Å². The van der Waals surface area contributed by atoms with Crippen molar-refractivity contribution in [3.8, 4) is 0 Å². The predicted molar refractivity (Wildman–Crippen MR) is 108 cm³/mol. The van der Waals surface area contributed by atoms with Gasteiger partial charge in [-0.25, -0.2) is 0 Å². The van der Waals surface area contributed by atoms with Crippen molar-refractivity contribution in [3.05, 3.63) is 0 Å². The SMILES string of the molecule is CCCCCCCCCC1(CCCCCCCC(=O)O)OCC(C)(C)N1[O]. The monoisotopic (exact) mass is 384 g/mol. The normalized spacial score (nSPS) is 22.4. The van der Waals surface area contributed by atoms with Crippen molar-refractivity contribution < 1.29 is 19.8 Å². The molecular weight excluding hydrogens is 342 g/mol. The number of aliphatic carboxylic acids is 1. The van der Waals surface area contributed by atoms with Gasteiger partial charge in [-0.05, 0) is 46.0 Å². The number of carboxylic acid groups (broad SMARTS) is 1. The van der Waals surface area contributed by atoms with Crippen LogP contribution >= 0.6 is 0 Å². The number of rotatable bonds is 16. The molecule has 1 saturated heterocycles. The maximum Gasteiger partial charge on any atom is 0.303 e. The molecule has 1 N–H and O–H groups in total. The zero-order chi connectivity index (χ0) is 20.2. The maximum absolute atomic E-state index is 12.9. The Bertz CT molecular complexity index is 413. The van der Waals surface area contributed by atoms with Crippen LogP contribution in [0.15, 0.2) is 0 Å². The van der Waals surface area contributed by atoms with Crippen LogP contribution in [0.4, 0.5) is 0 Å². The highest BCUT2D eigenvalue weighted by molar-refractivity contribution is 5.66. The van der Waals surface area contributed by atoms with E-state index >= 15 is 0 Å². The van der Waals surface area contributed by atoms with Crippen LogP contribution in [0.2, 0.25) is 0 Å². The van der Waals surface area contributed by atoms with Crippen LogP contribution in [0.3, 0.4) is 0 Å². The van der Waals surface area contributed by atoms with Crippen LogP contribution in [0.5, 0.6) is 0 Å². The van der Waals surface area contributed by atoms with Crippen molar-refractivity contribution in [2.24, 2.45) is 0 Å². The average molecular weight is 385 g/mol. The largest absolute Gasteiger partial charge is 0.481 e. The van der Waals surface area contributed by atoms with Crippen molar-refractivity contribution in [2.75, 3.05) is 6.61 Å². The lowest BCUT2D eigenvalue weighted by Crippen LogP contribution is -2.49. The number of nitrogens with zero attached hydrogens (tertiary/aromatic N) is 1. The molecule has 0 spiro atoms. The third kappa shape index (κ3) is 8.93. The van der Waals surface area contributed by atoms with E-state index in [1.807, 2.05) is 13.8 Å². The van der Waals surface area contributed by atoms with Crippen LogP contribution in [-0.2, 0) is 14.7 Å². The third-order valence-electron chi connectivity index (χ3n) is 5.74. The summed E-state index contributed by atoms with van der Waals surface area (Å²) in [5.41, 5.74) is -1.09. The topological polar surface area (TPSA) is 69.7 Å². The number of hydrogen-bond donors (Lipinski definition) is 1. The molecule has 0 aromatic rings. The molecule has 5 heteroatoms. The summed E-state index contributed by atoms with van der Waals surface area (Å²) in [5.74, 6) is -0.716. The Hall–Kier alpha value is -0.650. The molecule has 1 unspecified atom stereocenters. The quantitative estimate of drug-likeness (QED) is 0.327. The molecule has 1 heterocycles. The zero-order valence-electron chi connectivity index (χ0n) is 17.9. The molecule has 159 valence electrons. The van der Waals surface area contributed by atoms with E-state index in [1.54, 1.807) is 0 Å². The van der Waals surface area contributed by atoms with Gasteiger partial charge in [-0.15, -0.1) is 10.3 Å². The van der Waals surface area contributed by atoms with Gasteiger partial charge in [0, 0.05) is 6.42 Å². The molecule has 1 aliphatic heterocycles. The van der Waals surface area contributed by atoms with Gasteiger partial charge in [0.2, 0.25) is 0 Å². The summed E-state index contributed by atoms with van der Waals surface area (Å²) in [5, 5.41) is 22.8. The fraction of sp³-hybridized carbons (Fsp3) is 0.955. The molecule has 1 rings (SSSR count). The Balaban J connectivity index is 2.34. The number of hydrogen-bond acceptors (Lipinski definition) is 3. The van der Waals surface area contributed by atoms with Crippen molar-refractivity contribution in [2.45, 2.75) is 128 Å². The number of carboxylic acids is 1. The van der Waals surface area contributed by atoms with Gasteiger partial charge in [0.1, 0.15) is 5.72 Å². The first kappa shape index (κ1) is 24.4. The second-order valence-corrected chi connectivity index (χ2v) is 8.87. The van der Waals surface area contributed by atoms with E-state index in [-0.39, 0.29) is 6.42 Å². The molecule has 27 heavy (non-hydrogen) atoms. The second-order valence-electron chi connectivity index (χ2n) is 8.87. The van der Waals surface area contributed by atoms with Gasteiger partial charge in [0.15, 0.2) is 0 Å². The molecule has 1 aliphatic rings. The van der Waals surface area contributed by atoms with Gasteiger partial charge < -0.3 is 9.84 Å². The summed E-state index contributed by atoms with van der Waals surface area (Å²) < 4.78 is 6.11. The fourth-order valence-corrected chi connectivity index (χ4v) is 4.02. The number of carbonyl (C=O) groups is 1. The van der Waals surface area contributed by atoms with Crippen LogP contribution < -0.4 is 0 Å². The Morgan fingerprint density at radius 2 is 1.37 bits per heavy atom. The highest BCUT2D eigenvalue weighted by atomic mass is 16.6. The first-order chi connectivity index (χ1) is 12.8. The molecular formula is C22H42NO4. The molecule has 0 aromatic heterocycles. The van der Waals surface area contributed by atoms with E-state index in [9.17, 15) is 10.0 Å². The molecule has 1 radical (unpaired) electrons. The molecule has 1 atom stereocenters. The smallest absolute Gasteiger partial charge is 0.303 e. The summed E-state index contributed by atoms with van der Waals surface area (Å²) in [6, 6.07) is 0. The Morgan fingerprint density at radius 3 is 1.81 bits per heavy atom. The lowest BCUT2D eigenvalue weighted by molar-refractivity contribution is -0.296. The van der Waals surface area contributed by atoms with Gasteiger partial charge in [-0.1, -0.05) is 64.7 Å². The fourth-order valence-electron chi connectivity index (χ4n) is 4.02. The van der Waals surface area contributed by atoms with Gasteiger partial charge in [0.25, 0.3) is 0 Å². The average Bonchev–Trinajstić information content (AvgIpc) is 2.84. The predicted octanol–water partition coefficient (Wildman–Crippen LogP) is 6.10. The number of hydroxylamine groups is 2. The van der Waals surface area contributed by atoms with Crippen molar-refractivity contribution in [1.29, 1.82) is 0 Å². The van der Waals surface area contributed by atoms with Crippen molar-refractivity contribution in [3.63, 3.8) is 0 Å². The second kappa shape index (κ2) is 12.7. The molecule has 1 fully saturated rings. The lowest BCUT2D eigenvalue weighted by atomic mass is 9.95. The Labute approximate surface area is 166 Å². The van der Waals surface area contributed by atoms with Gasteiger partial charge in [-0.3, -0.25) is 4.79 Å². The Morgan fingerprint density at radius 1 is 0.889 bits per heavy atom. The van der Waals surface area contributed by atoms with E-state index in [0.29, 0.717) is 6.61 Å². The van der Waals surface area contributed by atoms with Crippen molar-refractivity contribution in [1.82, 2.24) is 5.06 Å². The van der Waals surface area contributed by atoms with E-state index in [4.69, 9.17) is 9.84 Å². The van der Waals surface area contributed by atoms with Crippen LogP contribution in [0.25, 0.3) is 0 Å². The minimum Gasteiger partial charge on any atom is -0.481 e. The van der Waals surface area contributed by atoms with Gasteiger partial charge in [-0.2, -0.15) is 0 Å². The minimum absolute atomic E-state index is 0.258. The van der Waals surface area contributed by atoms with Crippen LogP contribution in [0, 0.1) is 0 Å². The number of unbranched alkanes of at least 4 members (excludes halogenated alkanes) is 10. The summed E-state index contributed by atoms with van der Waals surface area (Å²) in [6.45, 7) is 6.68. The standard InChI is InChI=1S/C22H42NO4/c1-4-5-6-7-8-11-14-17-22(23(26)21(2,3)19-27-22)18-15-12-9-10-13-16-20(24)25/h4-19H2,1-3H3,(H,24,25). The van der Waals surface area contributed by atoms with E-state index in [0.717, 1.165) is 51.4 Å². The van der Waals surface area contributed by atoms with Crippen molar-refractivity contribution >= 4 is 5.97 Å². The van der Waals surface area contributed by atoms with Crippen LogP contribution in [0.1, 0.15) is 117 Å². The zero-order valence-corrected chi connectivity index (χ0v) is 17.9. The summed E-state index contributed by atoms with van der Waals surface area (Å²) in [4.78, 5) is 10.5. The number of ether oxygens (including phenoxy) is 1. The maximum atomic E-state index is 12.9. The molecule has 0 aliphatic carbocycles. The first-order valence-electron chi connectivity index (χ1n) is 11.2. The van der Waals surface area contributed by atoms with Gasteiger partial charge in [0.05, 0.1) is 12.1 Å². The highest BCUT2D eigenvalue weighted by Crippen LogP contribution is 2.40. The van der Waals surface area contributed by atoms with Crippen LogP contribution in [-0.4, -0.2) is 34.0 Å². The van der Waals surface area contributed by atoms with E-state index in [1.165, 1.54) is 43.6 Å². The molecule has 0 amide bonds. The third-order valence-corrected chi connectivity index (χ3v) is 5.74. The van der Waals surface area contributed by atoms with Gasteiger partial charge >= 0.3 is 5.97 Å².